The summed E-state index contributed by atoms with van der Waals surface area (Å²) in [6.45, 7) is 0. The van der Waals surface area contributed by atoms with Gasteiger partial charge >= 0.3 is 11.8 Å². The molecule has 0 saturated carbocycles. The van der Waals surface area contributed by atoms with E-state index < -0.39 is 95.2 Å². The van der Waals surface area contributed by atoms with Crippen LogP contribution in [0.4, 0.5) is 0 Å². The molecule has 6 aromatic carbocycles. The van der Waals surface area contributed by atoms with Crippen LogP contribution >= 0.6 is 0 Å². The summed E-state index contributed by atoms with van der Waals surface area (Å²) in [4.78, 5) is 12.4. The van der Waals surface area contributed by atoms with Crippen molar-refractivity contribution in [2.24, 2.45) is 0 Å². The summed E-state index contributed by atoms with van der Waals surface area (Å²) >= 11 is 0. The van der Waals surface area contributed by atoms with Gasteiger partial charge in [0.05, 0.1) is 18.3 Å². The first-order valence-electron chi connectivity index (χ1n) is 19.9. The summed E-state index contributed by atoms with van der Waals surface area (Å²) in [5.41, 5.74) is -0.107. The van der Waals surface area contributed by atoms with E-state index in [2.05, 4.69) is 0 Å². The number of aliphatic carboxylic acids is 1. The first kappa shape index (κ1) is 40.3. The van der Waals surface area contributed by atoms with E-state index in [1.165, 1.54) is 78.9 Å². The highest BCUT2D eigenvalue weighted by Gasteiger charge is 2.61. The number of aromatic hydroxyl groups is 8. The van der Waals surface area contributed by atoms with Gasteiger partial charge in [-0.3, -0.25) is 4.79 Å². The third-order valence-corrected chi connectivity index (χ3v) is 12.5. The summed E-state index contributed by atoms with van der Waals surface area (Å²) in [7, 11) is 0. The van der Waals surface area contributed by atoms with Gasteiger partial charge in [0, 0.05) is 63.6 Å². The molecule has 2 bridgehead atoms. The maximum atomic E-state index is 12.6. The van der Waals surface area contributed by atoms with Gasteiger partial charge in [0.1, 0.15) is 87.3 Å². The van der Waals surface area contributed by atoms with Crippen molar-refractivity contribution in [3.63, 3.8) is 0 Å². The molecule has 0 saturated heterocycles. The largest absolute Gasteiger partial charge is 0.508 e. The maximum Gasteiger partial charge on any atom is 0.305 e. The Morgan fingerprint density at radius 3 is 1.53 bits per heavy atom. The molecule has 0 fully saturated rings. The number of hydrogen-bond donors (Lipinski definition) is 12. The monoisotopic (exact) mass is 874 g/mol. The SMILES string of the molecule is O=C(O)CC1c2c(O)cc(O)c(C3c4c(O)cc5c(c4OC(c4ccc(O)cc4)C3O)C3c4c(O)cc(O)cc4OC(c4ccc(O)cc4)(O5)C3O)c2OC(c2ccc(O)cc2)C1O. The third kappa shape index (κ3) is 6.00. The number of ether oxygens (including phenoxy) is 4. The number of carboxylic acid groups (broad SMARTS) is 1. The summed E-state index contributed by atoms with van der Waals surface area (Å²) in [5, 5.41) is 135. The minimum Gasteiger partial charge on any atom is -0.508 e. The molecular formula is C47H38O17. The topological polar surface area (TPSA) is 297 Å². The standard InChI is InChI=1S/C47H38O17/c48-21-7-1-18(2-8-21)42-40(58)25(15-32(56)57)33-27(53)16-28(54)35(44(33)61-42)38-36-29(55)17-31-37(45(36)62-43(41(38)59)19-3-9-22(49)10-4-19)39-34-26(52)13-24(51)14-30(34)63-47(64-31,46(39)60)20-5-11-23(50)12-6-20/h1-14,16-17,25,38-43,46,48-55,58-60H,15H2,(H,56,57). The van der Waals surface area contributed by atoms with Gasteiger partial charge in [0.15, 0.2) is 12.2 Å². The predicted octanol–water partition coefficient (Wildman–Crippen LogP) is 5.14. The highest BCUT2D eigenvalue weighted by molar-refractivity contribution is 5.74. The van der Waals surface area contributed by atoms with Gasteiger partial charge in [-0.05, 0) is 59.7 Å². The van der Waals surface area contributed by atoms with Gasteiger partial charge in [-0.15, -0.1) is 0 Å². The molecule has 0 amide bonds. The molecule has 328 valence electrons. The Morgan fingerprint density at radius 1 is 0.500 bits per heavy atom. The Hall–Kier alpha value is -7.73. The second kappa shape index (κ2) is 14.4. The van der Waals surface area contributed by atoms with Crippen molar-refractivity contribution in [1.82, 2.24) is 0 Å². The maximum absolute atomic E-state index is 12.6. The van der Waals surface area contributed by atoms with E-state index >= 15 is 0 Å². The van der Waals surface area contributed by atoms with E-state index in [4.69, 9.17) is 18.9 Å². The number of carboxylic acids is 1. The number of benzene rings is 6. The molecule has 0 aliphatic carbocycles. The van der Waals surface area contributed by atoms with Crippen LogP contribution in [0.3, 0.4) is 0 Å². The highest BCUT2D eigenvalue weighted by Crippen LogP contribution is 2.65. The van der Waals surface area contributed by atoms with Crippen LogP contribution in [0.2, 0.25) is 0 Å². The molecule has 17 heteroatoms. The van der Waals surface area contributed by atoms with Crippen molar-refractivity contribution in [3.05, 3.63) is 142 Å². The molecule has 4 heterocycles. The van der Waals surface area contributed by atoms with Crippen LogP contribution in [0.25, 0.3) is 0 Å². The lowest BCUT2D eigenvalue weighted by Crippen LogP contribution is -2.57. The Morgan fingerprint density at radius 2 is 0.969 bits per heavy atom. The van der Waals surface area contributed by atoms with E-state index in [9.17, 15) is 66.1 Å². The normalized spacial score (nSPS) is 26.0. The summed E-state index contributed by atoms with van der Waals surface area (Å²) < 4.78 is 26.0. The van der Waals surface area contributed by atoms with Gasteiger partial charge in [-0.1, -0.05) is 24.3 Å². The van der Waals surface area contributed by atoms with Crippen molar-refractivity contribution in [3.8, 4) is 69.0 Å². The first-order valence-corrected chi connectivity index (χ1v) is 19.9. The molecule has 4 aliphatic rings. The van der Waals surface area contributed by atoms with Gasteiger partial charge in [0.2, 0.25) is 0 Å². The molecule has 9 atom stereocenters. The van der Waals surface area contributed by atoms with E-state index in [0.717, 1.165) is 18.2 Å². The highest BCUT2D eigenvalue weighted by atomic mass is 16.7. The van der Waals surface area contributed by atoms with Crippen LogP contribution in [0.1, 0.15) is 80.9 Å². The number of aliphatic hydroxyl groups is 3. The number of hydrogen-bond acceptors (Lipinski definition) is 16. The third-order valence-electron chi connectivity index (χ3n) is 12.5. The quantitative estimate of drug-likeness (QED) is 0.103. The molecule has 64 heavy (non-hydrogen) atoms. The summed E-state index contributed by atoms with van der Waals surface area (Å²) in [6.07, 6.45) is -8.75. The average molecular weight is 875 g/mol. The van der Waals surface area contributed by atoms with Gasteiger partial charge < -0.3 is 80.2 Å². The zero-order valence-corrected chi connectivity index (χ0v) is 33.0. The van der Waals surface area contributed by atoms with Crippen LogP contribution in [-0.4, -0.2) is 85.6 Å². The zero-order chi connectivity index (χ0) is 45.1. The molecule has 17 nitrogen and oxygen atoms in total. The molecule has 12 N–H and O–H groups in total. The van der Waals surface area contributed by atoms with E-state index in [0.29, 0.717) is 0 Å². The van der Waals surface area contributed by atoms with Gasteiger partial charge in [-0.2, -0.15) is 0 Å². The van der Waals surface area contributed by atoms with Crippen molar-refractivity contribution < 1.29 is 85.0 Å². The molecule has 0 spiro atoms. The molecular weight excluding hydrogens is 836 g/mol. The van der Waals surface area contributed by atoms with E-state index in [1.807, 2.05) is 0 Å². The number of phenolic OH excluding ortho intramolecular Hbond substituents is 8. The average Bonchev–Trinajstić information content (AvgIpc) is 3.23. The fraction of sp³-hybridized carbons (Fsp3) is 0.213. The van der Waals surface area contributed by atoms with Crippen LogP contribution in [0.15, 0.2) is 97.1 Å². The number of rotatable bonds is 6. The smallest absolute Gasteiger partial charge is 0.305 e. The summed E-state index contributed by atoms with van der Waals surface area (Å²) in [5.74, 6) is -12.0. The second-order valence-electron chi connectivity index (χ2n) is 16.3. The zero-order valence-electron chi connectivity index (χ0n) is 33.0. The molecule has 10 rings (SSSR count). The van der Waals surface area contributed by atoms with Crippen LogP contribution in [-0.2, 0) is 10.6 Å². The van der Waals surface area contributed by atoms with Crippen LogP contribution in [0.5, 0.6) is 69.0 Å². The van der Waals surface area contributed by atoms with Crippen molar-refractivity contribution >= 4 is 5.97 Å². The second-order valence-corrected chi connectivity index (χ2v) is 16.3. The van der Waals surface area contributed by atoms with Gasteiger partial charge in [-0.25, -0.2) is 0 Å². The molecule has 4 aliphatic heterocycles. The number of fused-ring (bicyclic) bond motifs is 9. The van der Waals surface area contributed by atoms with Crippen LogP contribution in [0, 0.1) is 0 Å². The minimum absolute atomic E-state index is 0.00452. The fourth-order valence-electron chi connectivity index (χ4n) is 9.74. The molecule has 0 radical (unpaired) electrons. The molecule has 9 unspecified atom stereocenters. The van der Waals surface area contributed by atoms with Crippen molar-refractivity contribution in [2.45, 2.75) is 60.5 Å². The lowest BCUT2D eigenvalue weighted by atomic mass is 9.71. The molecule has 6 aromatic rings. The Labute approximate surface area is 361 Å². The van der Waals surface area contributed by atoms with Crippen molar-refractivity contribution in [1.29, 1.82) is 0 Å². The van der Waals surface area contributed by atoms with E-state index in [1.54, 1.807) is 0 Å². The van der Waals surface area contributed by atoms with Crippen molar-refractivity contribution in [2.75, 3.05) is 0 Å². The predicted molar refractivity (Wildman–Crippen MR) is 218 cm³/mol. The van der Waals surface area contributed by atoms with Crippen LogP contribution < -0.4 is 18.9 Å². The minimum atomic E-state index is -2.14. The summed E-state index contributed by atoms with van der Waals surface area (Å²) in [6, 6.07) is 20.8. The first-order chi connectivity index (χ1) is 30.6. The number of phenols is 8. The Kier molecular flexibility index (Phi) is 9.09. The Balaban J connectivity index is 1.26. The molecule has 0 aromatic heterocycles. The van der Waals surface area contributed by atoms with E-state index in [-0.39, 0.29) is 84.8 Å². The lowest BCUT2D eigenvalue weighted by Gasteiger charge is -2.51. The number of carbonyl (C=O) groups is 1. The fourth-order valence-corrected chi connectivity index (χ4v) is 9.74. The lowest BCUT2D eigenvalue weighted by molar-refractivity contribution is -0.219. The Bertz CT molecular complexity index is 2860. The van der Waals surface area contributed by atoms with Gasteiger partial charge in [0.25, 0.3) is 0 Å². The number of aliphatic hydroxyl groups excluding tert-OH is 3.